The van der Waals surface area contributed by atoms with Crippen LogP contribution in [0.1, 0.15) is 285 Å². The maximum Gasteiger partial charge on any atom is 0.0579 e. The first kappa shape index (κ1) is 47.6. The van der Waals surface area contributed by atoms with Crippen LogP contribution in [0.15, 0.2) is 0 Å². The molecule has 0 aromatic heterocycles. The van der Waals surface area contributed by atoms with Gasteiger partial charge in [0.25, 0.3) is 0 Å². The van der Waals surface area contributed by atoms with E-state index in [0.29, 0.717) is 12.2 Å². The van der Waals surface area contributed by atoms with E-state index in [2.05, 4.69) is 27.7 Å². The quantitative estimate of drug-likeness (QED) is 0.0662. The lowest BCUT2D eigenvalue weighted by atomic mass is 9.74. The minimum Gasteiger partial charge on any atom is -0.375 e. The van der Waals surface area contributed by atoms with Crippen molar-refractivity contribution >= 4 is 0 Å². The van der Waals surface area contributed by atoms with E-state index < -0.39 is 0 Å². The summed E-state index contributed by atoms with van der Waals surface area (Å²) in [6.45, 7) is 9.47. The summed E-state index contributed by atoms with van der Waals surface area (Å²) in [5.41, 5.74) is 0. The molecule has 0 N–H and O–H groups in total. The van der Waals surface area contributed by atoms with Crippen molar-refractivity contribution < 1.29 is 4.74 Å². The second kappa shape index (κ2) is 30.1. The average molecular weight is 767 g/mol. The van der Waals surface area contributed by atoms with E-state index in [-0.39, 0.29) is 0 Å². The molecule has 4 aliphatic rings. The molecule has 0 saturated heterocycles. The molecule has 55 heavy (non-hydrogen) atoms. The molecule has 4 saturated carbocycles. The molecule has 1 nitrogen and oxygen atoms in total. The van der Waals surface area contributed by atoms with Gasteiger partial charge in [-0.25, -0.2) is 0 Å². The number of unbranched alkanes of at least 4 members (excludes halogenated alkanes) is 8. The first-order chi connectivity index (χ1) is 27.1. The van der Waals surface area contributed by atoms with Gasteiger partial charge in [-0.2, -0.15) is 0 Å². The van der Waals surface area contributed by atoms with Crippen LogP contribution in [0.3, 0.4) is 0 Å². The van der Waals surface area contributed by atoms with Gasteiger partial charge in [0.15, 0.2) is 0 Å². The van der Waals surface area contributed by atoms with E-state index in [4.69, 9.17) is 4.74 Å². The molecule has 0 aliphatic heterocycles. The normalized spacial score (nSPS) is 30.3. The predicted molar refractivity (Wildman–Crippen MR) is 244 cm³/mol. The van der Waals surface area contributed by atoms with Crippen LogP contribution in [0.25, 0.3) is 0 Å². The summed E-state index contributed by atoms with van der Waals surface area (Å²) in [5.74, 6) is 8.24. The fourth-order valence-corrected chi connectivity index (χ4v) is 12.7. The van der Waals surface area contributed by atoms with E-state index >= 15 is 0 Å². The van der Waals surface area contributed by atoms with Gasteiger partial charge in [0.2, 0.25) is 0 Å². The number of ether oxygens (including phenoxy) is 1. The molecule has 0 heterocycles. The highest BCUT2D eigenvalue weighted by molar-refractivity contribution is 4.81. The lowest BCUT2D eigenvalue weighted by molar-refractivity contribution is -0.0573. The van der Waals surface area contributed by atoms with Crippen molar-refractivity contribution in [3.8, 4) is 0 Å². The highest BCUT2D eigenvalue weighted by Crippen LogP contribution is 2.40. The zero-order valence-electron chi connectivity index (χ0n) is 38.5. The average Bonchev–Trinajstić information content (AvgIpc) is 3.21. The zero-order valence-corrected chi connectivity index (χ0v) is 38.5. The van der Waals surface area contributed by atoms with Crippen LogP contribution < -0.4 is 0 Å². The fourth-order valence-electron chi connectivity index (χ4n) is 12.7. The molecule has 0 radical (unpaired) electrons. The molecule has 4 fully saturated rings. The van der Waals surface area contributed by atoms with Gasteiger partial charge in [-0.05, 0) is 112 Å². The Morgan fingerprint density at radius 2 is 0.582 bits per heavy atom. The standard InChI is InChI=1S/C54H102O/c1-5-9-13-19-45-27-31-51(32-28-45)43-49(21-15-11-7-3)25-17-23-47-35-39-53(40-36-47)55-54-41-37-48(38-42-54)24-18-26-50(22-16-12-8-4)44-52-33-29-46(30-34-52)20-14-10-6-2/h45-54H,5-44H2,1-4H3. The summed E-state index contributed by atoms with van der Waals surface area (Å²) < 4.78 is 6.86. The largest absolute Gasteiger partial charge is 0.375 e. The maximum atomic E-state index is 6.86. The summed E-state index contributed by atoms with van der Waals surface area (Å²) in [4.78, 5) is 0. The van der Waals surface area contributed by atoms with Gasteiger partial charge < -0.3 is 4.74 Å². The van der Waals surface area contributed by atoms with Crippen LogP contribution in [0.5, 0.6) is 0 Å². The van der Waals surface area contributed by atoms with Crippen molar-refractivity contribution in [2.24, 2.45) is 47.3 Å². The molecular weight excluding hydrogens is 665 g/mol. The lowest BCUT2D eigenvalue weighted by Gasteiger charge is -2.35. The molecule has 0 amide bonds. The SMILES string of the molecule is CCCCCC1CCC(CC(CCCCC)CCCC2CCC(OC3CCC(CCCC(CCCCC)CC4CCC(CCCCC)CC4)CC3)CC2)CC1. The van der Waals surface area contributed by atoms with Gasteiger partial charge in [-0.15, -0.1) is 0 Å². The predicted octanol–water partition coefficient (Wildman–Crippen LogP) is 18.4. The van der Waals surface area contributed by atoms with Crippen LogP contribution in [0.2, 0.25) is 0 Å². The molecule has 4 aliphatic carbocycles. The Morgan fingerprint density at radius 3 is 0.927 bits per heavy atom. The highest BCUT2D eigenvalue weighted by atomic mass is 16.5. The number of rotatable bonds is 30. The summed E-state index contributed by atoms with van der Waals surface area (Å²) in [7, 11) is 0. The van der Waals surface area contributed by atoms with Crippen molar-refractivity contribution in [3.63, 3.8) is 0 Å². The Hall–Kier alpha value is -0.0400. The minimum atomic E-state index is 0.576. The van der Waals surface area contributed by atoms with Gasteiger partial charge in [0.05, 0.1) is 12.2 Å². The Morgan fingerprint density at radius 1 is 0.309 bits per heavy atom. The summed E-state index contributed by atoms with van der Waals surface area (Å²) in [5, 5.41) is 0. The zero-order chi connectivity index (χ0) is 38.8. The first-order valence-electron chi connectivity index (χ1n) is 26.7. The van der Waals surface area contributed by atoms with Crippen LogP contribution in [0, 0.1) is 47.3 Å². The third kappa shape index (κ3) is 20.7. The Balaban J connectivity index is 1.04. The Labute approximate surface area is 347 Å². The van der Waals surface area contributed by atoms with Crippen LogP contribution in [-0.4, -0.2) is 12.2 Å². The Kier molecular flexibility index (Phi) is 26.0. The van der Waals surface area contributed by atoms with Crippen molar-refractivity contribution in [1.82, 2.24) is 0 Å². The monoisotopic (exact) mass is 767 g/mol. The molecule has 1 heteroatoms. The topological polar surface area (TPSA) is 9.23 Å². The van der Waals surface area contributed by atoms with E-state index in [1.807, 2.05) is 0 Å². The van der Waals surface area contributed by atoms with Crippen molar-refractivity contribution in [3.05, 3.63) is 0 Å². The molecule has 4 rings (SSSR count). The van der Waals surface area contributed by atoms with Crippen molar-refractivity contribution in [2.75, 3.05) is 0 Å². The smallest absolute Gasteiger partial charge is 0.0579 e. The third-order valence-electron chi connectivity index (χ3n) is 16.6. The van der Waals surface area contributed by atoms with Crippen LogP contribution >= 0.6 is 0 Å². The molecule has 0 aromatic carbocycles. The van der Waals surface area contributed by atoms with Crippen molar-refractivity contribution in [1.29, 1.82) is 0 Å². The van der Waals surface area contributed by atoms with Gasteiger partial charge in [0.1, 0.15) is 0 Å². The lowest BCUT2D eigenvalue weighted by Crippen LogP contribution is -2.30. The molecular formula is C54H102O. The second-order valence-corrected chi connectivity index (χ2v) is 21.2. The molecule has 2 unspecified atom stereocenters. The number of hydrogen-bond donors (Lipinski definition) is 0. The van der Waals surface area contributed by atoms with Crippen LogP contribution in [-0.2, 0) is 4.74 Å². The molecule has 324 valence electrons. The highest BCUT2D eigenvalue weighted by Gasteiger charge is 2.29. The fraction of sp³-hybridized carbons (Fsp3) is 1.00. The maximum absolute atomic E-state index is 6.86. The first-order valence-corrected chi connectivity index (χ1v) is 26.7. The van der Waals surface area contributed by atoms with Gasteiger partial charge in [-0.3, -0.25) is 0 Å². The van der Waals surface area contributed by atoms with E-state index in [1.54, 1.807) is 64.2 Å². The van der Waals surface area contributed by atoms with Gasteiger partial charge in [0, 0.05) is 0 Å². The molecule has 0 aromatic rings. The van der Waals surface area contributed by atoms with E-state index in [9.17, 15) is 0 Å². The number of hydrogen-bond acceptors (Lipinski definition) is 1. The van der Waals surface area contributed by atoms with E-state index in [0.717, 1.165) is 47.3 Å². The van der Waals surface area contributed by atoms with Crippen LogP contribution in [0.4, 0.5) is 0 Å². The van der Waals surface area contributed by atoms with Crippen molar-refractivity contribution in [2.45, 2.75) is 297 Å². The summed E-state index contributed by atoms with van der Waals surface area (Å²) >= 11 is 0. The van der Waals surface area contributed by atoms with Gasteiger partial charge in [-0.1, -0.05) is 220 Å². The molecule has 2 atom stereocenters. The third-order valence-corrected chi connectivity index (χ3v) is 16.6. The van der Waals surface area contributed by atoms with Gasteiger partial charge >= 0.3 is 0 Å². The second-order valence-electron chi connectivity index (χ2n) is 21.2. The summed E-state index contributed by atoms with van der Waals surface area (Å²) in [6, 6.07) is 0. The molecule has 0 spiro atoms. The summed E-state index contributed by atoms with van der Waals surface area (Å²) in [6.07, 6.45) is 60.3. The molecule has 0 bridgehead atoms. The minimum absolute atomic E-state index is 0.576. The van der Waals surface area contributed by atoms with E-state index in [1.165, 1.54) is 193 Å². The Bertz CT molecular complexity index is 778.